The molecular formula is C23H20ClN3O4S2. The van der Waals surface area contributed by atoms with E-state index in [9.17, 15) is 8.42 Å². The van der Waals surface area contributed by atoms with E-state index in [-0.39, 0.29) is 17.0 Å². The Morgan fingerprint density at radius 2 is 1.85 bits per heavy atom. The summed E-state index contributed by atoms with van der Waals surface area (Å²) in [4.78, 5) is 1.80. The van der Waals surface area contributed by atoms with Crippen LogP contribution in [0.5, 0.6) is 5.75 Å². The molecule has 0 amide bonds. The summed E-state index contributed by atoms with van der Waals surface area (Å²) >= 11 is 7.57. The molecule has 0 unspecified atom stereocenters. The Kier molecular flexibility index (Phi) is 6.05. The normalized spacial score (nSPS) is 14.4. The van der Waals surface area contributed by atoms with Crippen molar-refractivity contribution in [2.45, 2.75) is 34.6 Å². The third-order valence-corrected chi connectivity index (χ3v) is 8.64. The van der Waals surface area contributed by atoms with Gasteiger partial charge in [0, 0.05) is 27.9 Å². The Labute approximate surface area is 200 Å². The monoisotopic (exact) mass is 501 g/mol. The predicted molar refractivity (Wildman–Crippen MR) is 126 cm³/mol. The van der Waals surface area contributed by atoms with Gasteiger partial charge in [-0.15, -0.1) is 0 Å². The van der Waals surface area contributed by atoms with Gasteiger partial charge in [0.25, 0.3) is 0 Å². The van der Waals surface area contributed by atoms with E-state index in [4.69, 9.17) is 21.0 Å². The summed E-state index contributed by atoms with van der Waals surface area (Å²) in [5.41, 5.74) is 2.66. The molecule has 0 bridgehead atoms. The van der Waals surface area contributed by atoms with Crippen LogP contribution in [0, 0.1) is 0 Å². The van der Waals surface area contributed by atoms with Gasteiger partial charge in [0.1, 0.15) is 10.6 Å². The maximum absolute atomic E-state index is 13.5. The van der Waals surface area contributed by atoms with E-state index in [1.165, 1.54) is 16.1 Å². The Bertz CT molecular complexity index is 1420. The maximum Gasteiger partial charge on any atom is 0.245 e. The molecule has 3 aromatic carbocycles. The lowest BCUT2D eigenvalue weighted by Crippen LogP contribution is -2.36. The molecule has 0 N–H and O–H groups in total. The van der Waals surface area contributed by atoms with Crippen molar-refractivity contribution in [3.8, 4) is 5.75 Å². The number of aromatic nitrogens is 2. The lowest BCUT2D eigenvalue weighted by molar-refractivity contribution is 0.314. The quantitative estimate of drug-likeness (QED) is 0.360. The van der Waals surface area contributed by atoms with Crippen LogP contribution in [0.2, 0.25) is 5.02 Å². The standard InChI is InChI=1S/C23H20ClN3O4S2/c1-2-30-18-5-7-19(8-6-18)32-20-9-10-21(23-22(20)25-31-26-23)33(28,29)27-12-11-15-3-4-17(24)13-16(15)14-27/h3-10,13H,2,11-12,14H2,1H3. The molecule has 0 saturated carbocycles. The van der Waals surface area contributed by atoms with Gasteiger partial charge in [0.15, 0.2) is 11.0 Å². The number of sulfonamides is 1. The van der Waals surface area contributed by atoms with Crippen LogP contribution in [0.25, 0.3) is 11.0 Å². The van der Waals surface area contributed by atoms with Crippen LogP contribution in [0.3, 0.4) is 0 Å². The Morgan fingerprint density at radius 3 is 2.64 bits per heavy atom. The van der Waals surface area contributed by atoms with Gasteiger partial charge < -0.3 is 4.74 Å². The molecule has 2 heterocycles. The number of fused-ring (bicyclic) bond motifs is 2. The fourth-order valence-electron chi connectivity index (χ4n) is 3.85. The fraction of sp³-hybridized carbons (Fsp3) is 0.217. The molecule has 1 aromatic heterocycles. The Balaban J connectivity index is 1.45. The molecule has 0 atom stereocenters. The summed E-state index contributed by atoms with van der Waals surface area (Å²) in [5, 5.41) is 8.52. The second-order valence-corrected chi connectivity index (χ2v) is 11.0. The van der Waals surface area contributed by atoms with Crippen molar-refractivity contribution in [2.75, 3.05) is 13.2 Å². The van der Waals surface area contributed by atoms with Gasteiger partial charge in [-0.05, 0) is 83.3 Å². The zero-order valence-electron chi connectivity index (χ0n) is 17.7. The maximum atomic E-state index is 13.5. The number of nitrogens with zero attached hydrogens (tertiary/aromatic N) is 3. The van der Waals surface area contributed by atoms with Crippen LogP contribution in [0.15, 0.2) is 73.9 Å². The highest BCUT2D eigenvalue weighted by atomic mass is 35.5. The first-order chi connectivity index (χ1) is 16.0. The number of halogens is 1. The highest BCUT2D eigenvalue weighted by Crippen LogP contribution is 2.37. The Morgan fingerprint density at radius 1 is 1.06 bits per heavy atom. The highest BCUT2D eigenvalue weighted by Gasteiger charge is 2.31. The smallest absolute Gasteiger partial charge is 0.245 e. The predicted octanol–water partition coefficient (Wildman–Crippen LogP) is 5.17. The molecule has 33 heavy (non-hydrogen) atoms. The lowest BCUT2D eigenvalue weighted by Gasteiger charge is -2.28. The second-order valence-electron chi connectivity index (χ2n) is 7.53. The summed E-state index contributed by atoms with van der Waals surface area (Å²) in [7, 11) is -3.81. The molecule has 5 rings (SSSR count). The zero-order chi connectivity index (χ0) is 23.0. The van der Waals surface area contributed by atoms with E-state index < -0.39 is 10.0 Å². The number of benzene rings is 3. The van der Waals surface area contributed by atoms with E-state index >= 15 is 0 Å². The van der Waals surface area contributed by atoms with Crippen molar-refractivity contribution in [1.29, 1.82) is 0 Å². The number of hydrogen-bond acceptors (Lipinski definition) is 7. The summed E-state index contributed by atoms with van der Waals surface area (Å²) < 4.78 is 38.9. The summed E-state index contributed by atoms with van der Waals surface area (Å²) in [6, 6.07) is 16.6. The third kappa shape index (κ3) is 4.33. The van der Waals surface area contributed by atoms with Crippen molar-refractivity contribution >= 4 is 44.4 Å². The second kappa shape index (κ2) is 8.98. The van der Waals surface area contributed by atoms with Gasteiger partial charge in [-0.25, -0.2) is 13.0 Å². The summed E-state index contributed by atoms with van der Waals surface area (Å²) in [5.74, 6) is 0.793. The van der Waals surface area contributed by atoms with E-state index in [0.29, 0.717) is 30.1 Å². The van der Waals surface area contributed by atoms with E-state index in [0.717, 1.165) is 26.7 Å². The lowest BCUT2D eigenvalue weighted by atomic mass is 10.0. The van der Waals surface area contributed by atoms with Gasteiger partial charge in [0.05, 0.1) is 6.61 Å². The number of rotatable bonds is 6. The zero-order valence-corrected chi connectivity index (χ0v) is 20.1. The van der Waals surface area contributed by atoms with Crippen LogP contribution < -0.4 is 4.74 Å². The van der Waals surface area contributed by atoms with Crippen LogP contribution in [-0.4, -0.2) is 36.2 Å². The van der Waals surface area contributed by atoms with Crippen LogP contribution in [-0.2, 0) is 23.0 Å². The first kappa shape index (κ1) is 22.2. The van der Waals surface area contributed by atoms with Crippen molar-refractivity contribution in [3.05, 3.63) is 70.7 Å². The largest absolute Gasteiger partial charge is 0.494 e. The topological polar surface area (TPSA) is 85.5 Å². The molecule has 0 radical (unpaired) electrons. The van der Waals surface area contributed by atoms with E-state index in [2.05, 4.69) is 10.3 Å². The van der Waals surface area contributed by atoms with Crippen LogP contribution in [0.1, 0.15) is 18.1 Å². The Hall–Kier alpha value is -2.59. The molecule has 1 aliphatic heterocycles. The van der Waals surface area contributed by atoms with Crippen molar-refractivity contribution in [2.24, 2.45) is 0 Å². The average molecular weight is 502 g/mol. The van der Waals surface area contributed by atoms with Crippen molar-refractivity contribution in [3.63, 3.8) is 0 Å². The molecule has 0 fully saturated rings. The summed E-state index contributed by atoms with van der Waals surface area (Å²) in [6.45, 7) is 3.17. The minimum atomic E-state index is -3.81. The molecule has 0 aliphatic carbocycles. The molecule has 4 aromatic rings. The van der Waals surface area contributed by atoms with Gasteiger partial charge in [-0.1, -0.05) is 29.4 Å². The minimum Gasteiger partial charge on any atom is -0.494 e. The summed E-state index contributed by atoms with van der Waals surface area (Å²) in [6.07, 6.45) is 0.623. The molecule has 1 aliphatic rings. The van der Waals surface area contributed by atoms with E-state index in [1.807, 2.05) is 49.4 Å². The number of ether oxygens (including phenoxy) is 1. The first-order valence-electron chi connectivity index (χ1n) is 10.4. The van der Waals surface area contributed by atoms with Crippen molar-refractivity contribution < 1.29 is 17.8 Å². The molecule has 0 saturated heterocycles. The molecule has 0 spiro atoms. The third-order valence-electron chi connectivity index (χ3n) is 5.47. The minimum absolute atomic E-state index is 0.0836. The van der Waals surface area contributed by atoms with E-state index in [1.54, 1.807) is 12.1 Å². The molecule has 10 heteroatoms. The average Bonchev–Trinajstić information content (AvgIpc) is 3.30. The van der Waals surface area contributed by atoms with Gasteiger partial charge in [-0.3, -0.25) is 0 Å². The van der Waals surface area contributed by atoms with Gasteiger partial charge in [-0.2, -0.15) is 4.31 Å². The molecule has 170 valence electrons. The fourth-order valence-corrected chi connectivity index (χ4v) is 6.48. The van der Waals surface area contributed by atoms with Crippen molar-refractivity contribution in [1.82, 2.24) is 14.6 Å². The number of hydrogen-bond donors (Lipinski definition) is 0. The van der Waals surface area contributed by atoms with Crippen LogP contribution >= 0.6 is 23.4 Å². The first-order valence-corrected chi connectivity index (χ1v) is 13.0. The highest BCUT2D eigenvalue weighted by molar-refractivity contribution is 7.99. The SMILES string of the molecule is CCOc1ccc(Sc2ccc(S(=O)(=O)N3CCc4ccc(Cl)cc4C3)c3nonc23)cc1. The molecule has 7 nitrogen and oxygen atoms in total. The molecular weight excluding hydrogens is 482 g/mol. The van der Waals surface area contributed by atoms with Gasteiger partial charge >= 0.3 is 0 Å². The van der Waals surface area contributed by atoms with Gasteiger partial charge in [0.2, 0.25) is 10.0 Å². The van der Waals surface area contributed by atoms with Crippen LogP contribution in [0.4, 0.5) is 0 Å².